The van der Waals surface area contributed by atoms with E-state index in [-0.39, 0.29) is 17.5 Å². The number of imide groups is 1. The zero-order valence-corrected chi connectivity index (χ0v) is 18.9. The predicted octanol–water partition coefficient (Wildman–Crippen LogP) is 5.33. The first-order valence-corrected chi connectivity index (χ1v) is 10.5. The second kappa shape index (κ2) is 8.35. The minimum Gasteiger partial charge on any atom is -0.496 e. The second-order valence-corrected chi connectivity index (χ2v) is 8.13. The molecule has 3 aromatic carbocycles. The molecule has 0 atom stereocenters. The Balaban J connectivity index is 1.92. The summed E-state index contributed by atoms with van der Waals surface area (Å²) in [4.78, 5) is 28.7. The van der Waals surface area contributed by atoms with Crippen LogP contribution in [-0.4, -0.2) is 18.9 Å². The van der Waals surface area contributed by atoms with E-state index in [0.717, 1.165) is 27.9 Å². The van der Waals surface area contributed by atoms with Crippen molar-refractivity contribution in [3.63, 3.8) is 0 Å². The molecule has 0 unspecified atom stereocenters. The first-order valence-electron chi connectivity index (χ1n) is 10.5. The molecule has 1 aliphatic heterocycles. The largest absolute Gasteiger partial charge is 0.496 e. The Morgan fingerprint density at radius 1 is 0.781 bits per heavy atom. The fourth-order valence-corrected chi connectivity index (χ4v) is 3.93. The van der Waals surface area contributed by atoms with Crippen molar-refractivity contribution in [2.24, 2.45) is 0 Å². The number of carbonyl (C=O) groups is 2. The van der Waals surface area contributed by atoms with Crippen molar-refractivity contribution in [3.05, 3.63) is 94.2 Å². The molecule has 3 aromatic rings. The van der Waals surface area contributed by atoms with E-state index >= 15 is 0 Å². The van der Waals surface area contributed by atoms with Gasteiger partial charge in [-0.05, 0) is 68.1 Å². The van der Waals surface area contributed by atoms with E-state index in [0.29, 0.717) is 22.6 Å². The number of ether oxygens (including phenoxy) is 1. The SMILES string of the molecule is COc1ccccc1C1=C(Nc2cc(C)ccc2C)C(=O)N(c2cc(C)ccc2C)C1=O. The quantitative estimate of drug-likeness (QED) is 0.561. The molecule has 0 radical (unpaired) electrons. The number of para-hydroxylation sites is 1. The number of amides is 2. The molecule has 5 nitrogen and oxygen atoms in total. The Bertz CT molecular complexity index is 1270. The zero-order valence-electron chi connectivity index (χ0n) is 18.9. The number of methoxy groups -OCH3 is 1. The summed E-state index contributed by atoms with van der Waals surface area (Å²) in [6.07, 6.45) is 0. The van der Waals surface area contributed by atoms with E-state index in [1.807, 2.05) is 76.2 Å². The molecule has 2 amide bonds. The first-order chi connectivity index (χ1) is 15.3. The van der Waals surface area contributed by atoms with Gasteiger partial charge in [0, 0.05) is 11.3 Å². The van der Waals surface area contributed by atoms with Crippen LogP contribution in [0.25, 0.3) is 5.57 Å². The van der Waals surface area contributed by atoms with Gasteiger partial charge in [-0.25, -0.2) is 4.90 Å². The third-order valence-corrected chi connectivity index (χ3v) is 5.72. The van der Waals surface area contributed by atoms with Crippen LogP contribution in [0, 0.1) is 27.7 Å². The van der Waals surface area contributed by atoms with Crippen LogP contribution in [0.1, 0.15) is 27.8 Å². The number of hydrogen-bond donors (Lipinski definition) is 1. The molecule has 0 spiro atoms. The van der Waals surface area contributed by atoms with Gasteiger partial charge in [0.25, 0.3) is 11.8 Å². The van der Waals surface area contributed by atoms with Gasteiger partial charge in [-0.1, -0.05) is 42.5 Å². The van der Waals surface area contributed by atoms with Crippen molar-refractivity contribution in [1.82, 2.24) is 0 Å². The number of rotatable bonds is 5. The molecule has 1 aliphatic rings. The number of nitrogens with zero attached hydrogens (tertiary/aromatic N) is 1. The number of benzene rings is 3. The maximum absolute atomic E-state index is 13.8. The number of aryl methyl sites for hydroxylation is 4. The van der Waals surface area contributed by atoms with Crippen LogP contribution in [-0.2, 0) is 9.59 Å². The standard InChI is InChI=1S/C27H26N2O3/c1-16-10-12-18(3)21(14-16)28-25-24(20-8-6-7-9-23(20)32-5)26(30)29(27(25)31)22-15-17(2)11-13-19(22)4/h6-15,28H,1-5H3. The van der Waals surface area contributed by atoms with Crippen molar-refractivity contribution in [2.45, 2.75) is 27.7 Å². The lowest BCUT2D eigenvalue weighted by Crippen LogP contribution is -2.33. The van der Waals surface area contributed by atoms with Crippen molar-refractivity contribution >= 4 is 28.8 Å². The summed E-state index contributed by atoms with van der Waals surface area (Å²) in [6, 6.07) is 19.0. The summed E-state index contributed by atoms with van der Waals surface area (Å²) in [5.41, 5.74) is 6.36. The Morgan fingerprint density at radius 2 is 1.44 bits per heavy atom. The summed E-state index contributed by atoms with van der Waals surface area (Å²) in [5, 5.41) is 3.28. The summed E-state index contributed by atoms with van der Waals surface area (Å²) in [7, 11) is 1.56. The molecule has 0 bridgehead atoms. The highest BCUT2D eigenvalue weighted by atomic mass is 16.5. The monoisotopic (exact) mass is 426 g/mol. The summed E-state index contributed by atoms with van der Waals surface area (Å²) < 4.78 is 5.52. The zero-order chi connectivity index (χ0) is 23.0. The van der Waals surface area contributed by atoms with Crippen molar-refractivity contribution < 1.29 is 14.3 Å². The van der Waals surface area contributed by atoms with Gasteiger partial charge in [0.1, 0.15) is 11.4 Å². The molecule has 5 heteroatoms. The molecule has 0 fully saturated rings. The van der Waals surface area contributed by atoms with E-state index in [9.17, 15) is 9.59 Å². The van der Waals surface area contributed by atoms with Gasteiger partial charge in [-0.15, -0.1) is 0 Å². The highest BCUT2D eigenvalue weighted by Gasteiger charge is 2.41. The van der Waals surface area contributed by atoms with E-state index in [1.165, 1.54) is 4.90 Å². The summed E-state index contributed by atoms with van der Waals surface area (Å²) >= 11 is 0. The minimum absolute atomic E-state index is 0.245. The molecule has 0 aromatic heterocycles. The van der Waals surface area contributed by atoms with E-state index in [1.54, 1.807) is 19.2 Å². The van der Waals surface area contributed by atoms with E-state index in [2.05, 4.69) is 5.32 Å². The Hall–Kier alpha value is -3.86. The third-order valence-electron chi connectivity index (χ3n) is 5.72. The number of hydrogen-bond acceptors (Lipinski definition) is 4. The van der Waals surface area contributed by atoms with Crippen molar-refractivity contribution in [2.75, 3.05) is 17.3 Å². The van der Waals surface area contributed by atoms with Crippen LogP contribution >= 0.6 is 0 Å². The maximum atomic E-state index is 13.8. The van der Waals surface area contributed by atoms with E-state index in [4.69, 9.17) is 4.74 Å². The van der Waals surface area contributed by atoms with Crippen LogP contribution in [0.3, 0.4) is 0 Å². The third kappa shape index (κ3) is 3.66. The highest BCUT2D eigenvalue weighted by molar-refractivity contribution is 6.46. The van der Waals surface area contributed by atoms with Crippen molar-refractivity contribution in [3.8, 4) is 5.75 Å². The maximum Gasteiger partial charge on any atom is 0.282 e. The molecule has 1 N–H and O–H groups in total. The predicted molar refractivity (Wildman–Crippen MR) is 128 cm³/mol. The molecule has 0 aliphatic carbocycles. The van der Waals surface area contributed by atoms with Gasteiger partial charge in [-0.3, -0.25) is 9.59 Å². The lowest BCUT2D eigenvalue weighted by molar-refractivity contribution is -0.120. The number of nitrogens with one attached hydrogen (secondary N) is 1. The van der Waals surface area contributed by atoms with Gasteiger partial charge in [0.2, 0.25) is 0 Å². The Kier molecular flexibility index (Phi) is 5.57. The molecule has 1 heterocycles. The molecule has 32 heavy (non-hydrogen) atoms. The average molecular weight is 427 g/mol. The minimum atomic E-state index is -0.384. The normalized spacial score (nSPS) is 13.7. The van der Waals surface area contributed by atoms with Gasteiger partial charge < -0.3 is 10.1 Å². The highest BCUT2D eigenvalue weighted by Crippen LogP contribution is 2.38. The van der Waals surface area contributed by atoms with Gasteiger partial charge in [-0.2, -0.15) is 0 Å². The molecule has 0 saturated carbocycles. The van der Waals surface area contributed by atoms with Crippen LogP contribution < -0.4 is 15.0 Å². The number of anilines is 2. The topological polar surface area (TPSA) is 58.6 Å². The van der Waals surface area contributed by atoms with Crippen molar-refractivity contribution in [1.29, 1.82) is 0 Å². The fraction of sp³-hybridized carbons (Fsp3) is 0.185. The lowest BCUT2D eigenvalue weighted by atomic mass is 10.0. The Labute approximate surface area is 188 Å². The molecule has 162 valence electrons. The summed E-state index contributed by atoms with van der Waals surface area (Å²) in [5.74, 6) is -0.224. The molecule has 0 saturated heterocycles. The van der Waals surface area contributed by atoms with Crippen LogP contribution in [0.4, 0.5) is 11.4 Å². The fourth-order valence-electron chi connectivity index (χ4n) is 3.93. The summed E-state index contributed by atoms with van der Waals surface area (Å²) in [6.45, 7) is 7.80. The number of carbonyl (C=O) groups excluding carboxylic acids is 2. The molecular weight excluding hydrogens is 400 g/mol. The Morgan fingerprint density at radius 3 is 2.16 bits per heavy atom. The molecular formula is C27H26N2O3. The van der Waals surface area contributed by atoms with E-state index < -0.39 is 0 Å². The molecule has 4 rings (SSSR count). The van der Waals surface area contributed by atoms with Gasteiger partial charge >= 0.3 is 0 Å². The first kappa shape index (κ1) is 21.4. The van der Waals surface area contributed by atoms with Crippen LogP contribution in [0.5, 0.6) is 5.75 Å². The van der Waals surface area contributed by atoms with Gasteiger partial charge in [0.15, 0.2) is 0 Å². The smallest absolute Gasteiger partial charge is 0.282 e. The van der Waals surface area contributed by atoms with Gasteiger partial charge in [0.05, 0.1) is 18.4 Å². The average Bonchev–Trinajstić information content (AvgIpc) is 3.01. The second-order valence-electron chi connectivity index (χ2n) is 8.13. The lowest BCUT2D eigenvalue weighted by Gasteiger charge is -2.19. The van der Waals surface area contributed by atoms with Crippen LogP contribution in [0.2, 0.25) is 0 Å². The van der Waals surface area contributed by atoms with Crippen LogP contribution in [0.15, 0.2) is 66.4 Å².